The Morgan fingerprint density at radius 2 is 1.77 bits per heavy atom. The molecule has 0 aliphatic carbocycles. The van der Waals surface area contributed by atoms with E-state index in [-0.39, 0.29) is 11.8 Å². The number of carbonyl (C=O) groups excluding carboxylic acids is 2. The van der Waals surface area contributed by atoms with Crippen molar-refractivity contribution in [2.75, 3.05) is 18.8 Å². The van der Waals surface area contributed by atoms with E-state index in [0.29, 0.717) is 18.9 Å². The molecule has 0 heterocycles. The van der Waals surface area contributed by atoms with Gasteiger partial charge in [-0.05, 0) is 43.2 Å². The minimum atomic E-state index is -0.529. The van der Waals surface area contributed by atoms with Gasteiger partial charge in [0.05, 0.1) is 0 Å². The molecule has 2 amide bonds. The molecule has 0 aromatic heterocycles. The quantitative estimate of drug-likeness (QED) is 0.505. The van der Waals surface area contributed by atoms with Gasteiger partial charge in [-0.3, -0.25) is 9.59 Å². The summed E-state index contributed by atoms with van der Waals surface area (Å²) in [7, 11) is 0. The lowest BCUT2D eigenvalue weighted by Crippen LogP contribution is -2.49. The van der Waals surface area contributed by atoms with Crippen LogP contribution in [0.15, 0.2) is 59.5 Å². The monoisotopic (exact) mass is 428 g/mol. The number of ether oxygens (including phenoxy) is 1. The Balaban J connectivity index is 1.92. The number of rotatable bonds is 12. The third kappa shape index (κ3) is 8.11. The number of unbranched alkanes of at least 4 members (excludes halogenated alkanes) is 1. The highest BCUT2D eigenvalue weighted by Crippen LogP contribution is 2.23. The standard InChI is InChI=1S/C24H32N2O3S/c1-4-6-16-26(5-2)24(28)23(25-19(3)27)18-30-22-14-12-21(13-15-22)29-17-20-10-8-7-9-11-20/h7-15,23H,4-6,16-18H2,1-3H3,(H,25,27). The number of amides is 2. The van der Waals surface area contributed by atoms with Gasteiger partial charge in [0.15, 0.2) is 0 Å². The SMILES string of the molecule is CCCCN(CC)C(=O)C(CSc1ccc(OCc2ccccc2)cc1)NC(C)=O. The minimum Gasteiger partial charge on any atom is -0.489 e. The summed E-state index contributed by atoms with van der Waals surface area (Å²) in [5.41, 5.74) is 1.12. The highest BCUT2D eigenvalue weighted by molar-refractivity contribution is 7.99. The van der Waals surface area contributed by atoms with E-state index in [2.05, 4.69) is 12.2 Å². The predicted octanol–water partition coefficient (Wildman–Crippen LogP) is 4.51. The molecule has 0 fully saturated rings. The maximum atomic E-state index is 12.9. The fraction of sp³-hybridized carbons (Fsp3) is 0.417. The van der Waals surface area contributed by atoms with Crippen LogP contribution in [-0.4, -0.2) is 41.6 Å². The summed E-state index contributed by atoms with van der Waals surface area (Å²) in [6, 6.07) is 17.3. The van der Waals surface area contributed by atoms with Crippen LogP contribution in [0, 0.1) is 0 Å². The molecule has 2 rings (SSSR count). The Kier molecular flexibility index (Phi) is 10.3. The van der Waals surface area contributed by atoms with Crippen molar-refractivity contribution in [1.29, 1.82) is 0 Å². The van der Waals surface area contributed by atoms with Gasteiger partial charge in [0, 0.05) is 30.7 Å². The normalized spacial score (nSPS) is 11.6. The summed E-state index contributed by atoms with van der Waals surface area (Å²) in [5, 5.41) is 2.82. The van der Waals surface area contributed by atoms with E-state index in [4.69, 9.17) is 4.74 Å². The molecule has 1 N–H and O–H groups in total. The summed E-state index contributed by atoms with van der Waals surface area (Å²) in [4.78, 5) is 27.4. The molecular formula is C24H32N2O3S. The topological polar surface area (TPSA) is 58.6 Å². The number of carbonyl (C=O) groups is 2. The smallest absolute Gasteiger partial charge is 0.246 e. The summed E-state index contributed by atoms with van der Waals surface area (Å²) < 4.78 is 5.82. The zero-order valence-corrected chi connectivity index (χ0v) is 18.9. The number of nitrogens with zero attached hydrogens (tertiary/aromatic N) is 1. The molecule has 1 unspecified atom stereocenters. The van der Waals surface area contributed by atoms with E-state index >= 15 is 0 Å². The van der Waals surface area contributed by atoms with Crippen molar-refractivity contribution in [1.82, 2.24) is 10.2 Å². The molecule has 5 nitrogen and oxygen atoms in total. The van der Waals surface area contributed by atoms with Crippen LogP contribution < -0.4 is 10.1 Å². The molecule has 0 aliphatic heterocycles. The number of likely N-dealkylation sites (N-methyl/N-ethyl adjacent to an activating group) is 1. The van der Waals surface area contributed by atoms with Crippen LogP contribution in [0.25, 0.3) is 0 Å². The van der Waals surface area contributed by atoms with Gasteiger partial charge < -0.3 is 15.0 Å². The Labute approximate surface area is 184 Å². The fourth-order valence-electron chi connectivity index (χ4n) is 2.97. The Bertz CT molecular complexity index is 781. The lowest BCUT2D eigenvalue weighted by molar-refractivity contribution is -0.135. The van der Waals surface area contributed by atoms with Crippen molar-refractivity contribution in [3.8, 4) is 5.75 Å². The molecule has 30 heavy (non-hydrogen) atoms. The second kappa shape index (κ2) is 13.0. The van der Waals surface area contributed by atoms with Crippen molar-refractivity contribution in [3.05, 3.63) is 60.2 Å². The first-order valence-electron chi connectivity index (χ1n) is 10.5. The summed E-state index contributed by atoms with van der Waals surface area (Å²) in [5.74, 6) is 1.08. The van der Waals surface area contributed by atoms with E-state index < -0.39 is 6.04 Å². The van der Waals surface area contributed by atoms with E-state index in [1.165, 1.54) is 6.92 Å². The number of thioether (sulfide) groups is 1. The average Bonchev–Trinajstić information content (AvgIpc) is 2.76. The maximum Gasteiger partial charge on any atom is 0.246 e. The maximum absolute atomic E-state index is 12.9. The third-order valence-electron chi connectivity index (χ3n) is 4.64. The van der Waals surface area contributed by atoms with E-state index in [1.54, 1.807) is 11.8 Å². The molecule has 0 saturated carbocycles. The van der Waals surface area contributed by atoms with Crippen LogP contribution >= 0.6 is 11.8 Å². The van der Waals surface area contributed by atoms with Gasteiger partial charge in [-0.25, -0.2) is 0 Å². The Morgan fingerprint density at radius 1 is 1.07 bits per heavy atom. The largest absolute Gasteiger partial charge is 0.489 e. The van der Waals surface area contributed by atoms with E-state index in [1.807, 2.05) is 66.4 Å². The molecule has 0 saturated heterocycles. The molecule has 6 heteroatoms. The minimum absolute atomic E-state index is 0.0172. The molecule has 1 atom stereocenters. The Hall–Kier alpha value is -2.47. The number of hydrogen-bond donors (Lipinski definition) is 1. The van der Waals surface area contributed by atoms with Crippen molar-refractivity contribution >= 4 is 23.6 Å². The van der Waals surface area contributed by atoms with Crippen molar-refractivity contribution < 1.29 is 14.3 Å². The summed E-state index contributed by atoms with van der Waals surface area (Å²) >= 11 is 1.56. The van der Waals surface area contributed by atoms with Crippen LogP contribution in [0.5, 0.6) is 5.75 Å². The third-order valence-corrected chi connectivity index (χ3v) is 5.74. The van der Waals surface area contributed by atoms with Crippen molar-refractivity contribution in [2.24, 2.45) is 0 Å². The van der Waals surface area contributed by atoms with E-state index in [9.17, 15) is 9.59 Å². The lowest BCUT2D eigenvalue weighted by atomic mass is 10.2. The zero-order valence-electron chi connectivity index (χ0n) is 18.1. The number of hydrogen-bond acceptors (Lipinski definition) is 4. The molecule has 2 aromatic rings. The summed E-state index contributed by atoms with van der Waals surface area (Å²) in [6.07, 6.45) is 1.99. The first-order valence-corrected chi connectivity index (χ1v) is 11.5. The van der Waals surface area contributed by atoms with Crippen molar-refractivity contribution in [2.45, 2.75) is 51.2 Å². The molecule has 0 aliphatic rings. The van der Waals surface area contributed by atoms with Crippen LogP contribution in [0.4, 0.5) is 0 Å². The second-order valence-electron chi connectivity index (χ2n) is 7.08. The van der Waals surface area contributed by atoms with Gasteiger partial charge >= 0.3 is 0 Å². The number of nitrogens with one attached hydrogen (secondary N) is 1. The predicted molar refractivity (Wildman–Crippen MR) is 123 cm³/mol. The first kappa shape index (κ1) is 23.8. The van der Waals surface area contributed by atoms with Crippen LogP contribution in [0.3, 0.4) is 0 Å². The lowest BCUT2D eigenvalue weighted by Gasteiger charge is -2.26. The van der Waals surface area contributed by atoms with Gasteiger partial charge in [0.1, 0.15) is 18.4 Å². The van der Waals surface area contributed by atoms with Gasteiger partial charge in [-0.1, -0.05) is 43.7 Å². The fourth-order valence-corrected chi connectivity index (χ4v) is 3.88. The second-order valence-corrected chi connectivity index (χ2v) is 8.17. The Morgan fingerprint density at radius 3 is 2.37 bits per heavy atom. The van der Waals surface area contributed by atoms with Gasteiger partial charge in [-0.2, -0.15) is 0 Å². The summed E-state index contributed by atoms with van der Waals surface area (Å²) in [6.45, 7) is 7.42. The van der Waals surface area contributed by atoms with Gasteiger partial charge in [-0.15, -0.1) is 11.8 Å². The molecular weight excluding hydrogens is 396 g/mol. The zero-order chi connectivity index (χ0) is 21.8. The van der Waals surface area contributed by atoms with Gasteiger partial charge in [0.2, 0.25) is 11.8 Å². The average molecular weight is 429 g/mol. The molecule has 0 radical (unpaired) electrons. The van der Waals surface area contributed by atoms with Crippen molar-refractivity contribution in [3.63, 3.8) is 0 Å². The van der Waals surface area contributed by atoms with Gasteiger partial charge in [0.25, 0.3) is 0 Å². The molecule has 162 valence electrons. The molecule has 2 aromatic carbocycles. The molecule has 0 bridgehead atoms. The highest BCUT2D eigenvalue weighted by atomic mass is 32.2. The molecule has 0 spiro atoms. The van der Waals surface area contributed by atoms with Crippen LogP contribution in [-0.2, 0) is 16.2 Å². The highest BCUT2D eigenvalue weighted by Gasteiger charge is 2.24. The first-order chi connectivity index (χ1) is 14.5. The number of benzene rings is 2. The van der Waals surface area contributed by atoms with E-state index in [0.717, 1.165) is 35.6 Å². The van der Waals surface area contributed by atoms with Crippen LogP contribution in [0.2, 0.25) is 0 Å². The van der Waals surface area contributed by atoms with Crippen LogP contribution in [0.1, 0.15) is 39.2 Å².